The monoisotopic (exact) mass is 418 g/mol. The number of aliphatic imine (C=N–C) groups is 1. The third-order valence-corrected chi connectivity index (χ3v) is 4.95. The average molecular weight is 418 g/mol. The summed E-state index contributed by atoms with van der Waals surface area (Å²) in [5, 5.41) is 6.51. The van der Waals surface area contributed by atoms with E-state index in [2.05, 4.69) is 15.6 Å². The fourth-order valence-electron chi connectivity index (χ4n) is 3.45. The molecule has 2 N–H and O–H groups in total. The summed E-state index contributed by atoms with van der Waals surface area (Å²) >= 11 is 0. The molecule has 162 valence electrons. The predicted octanol–water partition coefficient (Wildman–Crippen LogP) is 2.93. The van der Waals surface area contributed by atoms with E-state index in [1.807, 2.05) is 24.3 Å². The molecule has 0 radical (unpaired) electrons. The van der Waals surface area contributed by atoms with Crippen LogP contribution in [0.3, 0.4) is 0 Å². The van der Waals surface area contributed by atoms with Crippen molar-refractivity contribution < 1.29 is 18.3 Å². The van der Waals surface area contributed by atoms with Gasteiger partial charge >= 0.3 is 0 Å². The van der Waals surface area contributed by atoms with Crippen molar-refractivity contribution in [3.05, 3.63) is 59.7 Å². The normalized spacial score (nSPS) is 16.6. The number of halogens is 2. The van der Waals surface area contributed by atoms with E-state index in [4.69, 9.17) is 9.47 Å². The smallest absolute Gasteiger partial charge is 0.191 e. The second-order valence-electron chi connectivity index (χ2n) is 7.05. The van der Waals surface area contributed by atoms with Gasteiger partial charge < -0.3 is 25.0 Å². The second-order valence-corrected chi connectivity index (χ2v) is 7.05. The molecule has 1 aliphatic rings. The SMILES string of the molecule is CN=C(NCCOCc1cccc(OC)c1)NC1CCN(c2c(F)cccc2F)C1. The predicted molar refractivity (Wildman–Crippen MR) is 114 cm³/mol. The number of hydrogen-bond donors (Lipinski definition) is 2. The van der Waals surface area contributed by atoms with Gasteiger partial charge in [-0.05, 0) is 36.2 Å². The van der Waals surface area contributed by atoms with Crippen molar-refractivity contribution in [1.82, 2.24) is 10.6 Å². The maximum Gasteiger partial charge on any atom is 0.191 e. The average Bonchev–Trinajstić information content (AvgIpc) is 3.20. The largest absolute Gasteiger partial charge is 0.497 e. The summed E-state index contributed by atoms with van der Waals surface area (Å²) in [5.74, 6) is 0.373. The van der Waals surface area contributed by atoms with Crippen molar-refractivity contribution in [3.63, 3.8) is 0 Å². The molecule has 1 aliphatic heterocycles. The summed E-state index contributed by atoms with van der Waals surface area (Å²) < 4.78 is 38.9. The first kappa shape index (κ1) is 21.8. The number of guanidine groups is 1. The molecule has 3 rings (SSSR count). The molecule has 2 aromatic rings. The Morgan fingerprint density at radius 3 is 2.70 bits per heavy atom. The van der Waals surface area contributed by atoms with Crippen LogP contribution < -0.4 is 20.3 Å². The fourth-order valence-corrected chi connectivity index (χ4v) is 3.45. The Hall–Kier alpha value is -2.87. The van der Waals surface area contributed by atoms with Gasteiger partial charge in [-0.25, -0.2) is 8.78 Å². The summed E-state index contributed by atoms with van der Waals surface area (Å²) in [7, 11) is 3.33. The molecule has 1 heterocycles. The molecule has 6 nitrogen and oxygen atoms in total. The van der Waals surface area contributed by atoms with Gasteiger partial charge in [0.2, 0.25) is 0 Å². The number of anilines is 1. The van der Waals surface area contributed by atoms with Gasteiger partial charge in [-0.1, -0.05) is 18.2 Å². The van der Waals surface area contributed by atoms with Crippen LogP contribution in [0.1, 0.15) is 12.0 Å². The lowest BCUT2D eigenvalue weighted by atomic mass is 10.2. The summed E-state index contributed by atoms with van der Waals surface area (Å²) in [5.41, 5.74) is 1.08. The van der Waals surface area contributed by atoms with Crippen LogP contribution >= 0.6 is 0 Å². The zero-order chi connectivity index (χ0) is 21.3. The highest BCUT2D eigenvalue weighted by molar-refractivity contribution is 5.80. The Morgan fingerprint density at radius 2 is 1.97 bits per heavy atom. The van der Waals surface area contributed by atoms with Gasteiger partial charge in [-0.2, -0.15) is 0 Å². The Labute approximate surface area is 175 Å². The quantitative estimate of drug-likeness (QED) is 0.392. The molecule has 0 aromatic heterocycles. The van der Waals surface area contributed by atoms with Crippen molar-refractivity contribution in [1.29, 1.82) is 0 Å². The maximum absolute atomic E-state index is 14.0. The third kappa shape index (κ3) is 5.82. The molecule has 1 fully saturated rings. The zero-order valence-corrected chi connectivity index (χ0v) is 17.3. The van der Waals surface area contributed by atoms with Crippen LogP contribution in [0.15, 0.2) is 47.5 Å². The fraction of sp³-hybridized carbons (Fsp3) is 0.409. The summed E-state index contributed by atoms with van der Waals surface area (Å²) in [6, 6.07) is 11.7. The van der Waals surface area contributed by atoms with Crippen LogP contribution in [0.25, 0.3) is 0 Å². The zero-order valence-electron chi connectivity index (χ0n) is 17.3. The second kappa shape index (κ2) is 10.8. The Kier molecular flexibility index (Phi) is 7.84. The molecule has 2 aromatic carbocycles. The van der Waals surface area contributed by atoms with E-state index in [0.717, 1.165) is 17.7 Å². The number of ether oxygens (including phenoxy) is 2. The number of benzene rings is 2. The molecule has 30 heavy (non-hydrogen) atoms. The number of para-hydroxylation sites is 1. The Morgan fingerprint density at radius 1 is 1.20 bits per heavy atom. The Balaban J connectivity index is 1.40. The van der Waals surface area contributed by atoms with Gasteiger partial charge in [0.05, 0.1) is 20.3 Å². The van der Waals surface area contributed by atoms with Gasteiger partial charge in [-0.3, -0.25) is 4.99 Å². The lowest BCUT2D eigenvalue weighted by Gasteiger charge is -2.21. The summed E-state index contributed by atoms with van der Waals surface area (Å²) in [6.45, 7) is 2.68. The van der Waals surface area contributed by atoms with E-state index < -0.39 is 11.6 Å². The van der Waals surface area contributed by atoms with E-state index in [1.54, 1.807) is 19.1 Å². The maximum atomic E-state index is 14.0. The third-order valence-electron chi connectivity index (χ3n) is 4.95. The van der Waals surface area contributed by atoms with Crippen LogP contribution in [0.4, 0.5) is 14.5 Å². The standard InChI is InChI=1S/C22H28F2N4O2/c1-25-22(26-10-12-30-15-16-5-3-6-18(13-16)29-2)27-17-9-11-28(14-17)21-19(23)7-4-8-20(21)24/h3-8,13,17H,9-12,14-15H2,1-2H3,(H2,25,26,27). The van der Waals surface area contributed by atoms with E-state index in [9.17, 15) is 8.78 Å². The molecular formula is C22H28F2N4O2. The van der Waals surface area contributed by atoms with Crippen molar-refractivity contribution in [3.8, 4) is 5.75 Å². The molecule has 1 atom stereocenters. The Bertz CT molecular complexity index is 843. The summed E-state index contributed by atoms with van der Waals surface area (Å²) in [6.07, 6.45) is 0.765. The minimum Gasteiger partial charge on any atom is -0.497 e. The minimum atomic E-state index is -0.536. The van der Waals surface area contributed by atoms with Crippen molar-refractivity contribution >= 4 is 11.6 Å². The van der Waals surface area contributed by atoms with E-state index in [1.165, 1.54) is 18.2 Å². The highest BCUT2D eigenvalue weighted by Gasteiger charge is 2.27. The number of nitrogens with one attached hydrogen (secondary N) is 2. The number of methoxy groups -OCH3 is 1. The molecule has 0 bridgehead atoms. The first-order valence-corrected chi connectivity index (χ1v) is 9.97. The number of nitrogens with zero attached hydrogens (tertiary/aromatic N) is 2. The number of hydrogen-bond acceptors (Lipinski definition) is 4. The van der Waals surface area contributed by atoms with Gasteiger partial charge in [0.15, 0.2) is 5.96 Å². The molecule has 0 spiro atoms. The van der Waals surface area contributed by atoms with Crippen molar-refractivity contribution in [2.24, 2.45) is 4.99 Å². The summed E-state index contributed by atoms with van der Waals surface area (Å²) in [4.78, 5) is 5.95. The van der Waals surface area contributed by atoms with Crippen molar-refractivity contribution in [2.45, 2.75) is 19.1 Å². The first-order valence-electron chi connectivity index (χ1n) is 9.97. The highest BCUT2D eigenvalue weighted by Crippen LogP contribution is 2.26. The van der Waals surface area contributed by atoms with E-state index >= 15 is 0 Å². The van der Waals surface area contributed by atoms with E-state index in [0.29, 0.717) is 38.8 Å². The number of rotatable bonds is 8. The van der Waals surface area contributed by atoms with Gasteiger partial charge in [-0.15, -0.1) is 0 Å². The lowest BCUT2D eigenvalue weighted by molar-refractivity contribution is 0.125. The van der Waals surface area contributed by atoms with Crippen LogP contribution in [0.2, 0.25) is 0 Å². The molecule has 0 amide bonds. The highest BCUT2D eigenvalue weighted by atomic mass is 19.1. The first-order chi connectivity index (χ1) is 14.6. The molecule has 0 saturated carbocycles. The molecule has 1 unspecified atom stereocenters. The van der Waals surface area contributed by atoms with Crippen LogP contribution in [-0.4, -0.2) is 52.4 Å². The lowest BCUT2D eigenvalue weighted by Crippen LogP contribution is -2.45. The molecule has 8 heteroatoms. The minimum absolute atomic E-state index is 0.0377. The topological polar surface area (TPSA) is 58.1 Å². The molecule has 0 aliphatic carbocycles. The van der Waals surface area contributed by atoms with Crippen LogP contribution in [-0.2, 0) is 11.3 Å². The molecular weight excluding hydrogens is 390 g/mol. The van der Waals surface area contributed by atoms with E-state index in [-0.39, 0.29) is 11.7 Å². The van der Waals surface area contributed by atoms with Gasteiger partial charge in [0.1, 0.15) is 23.1 Å². The van der Waals surface area contributed by atoms with Crippen LogP contribution in [0, 0.1) is 11.6 Å². The van der Waals surface area contributed by atoms with Crippen molar-refractivity contribution in [2.75, 3.05) is 45.3 Å². The van der Waals surface area contributed by atoms with Gasteiger partial charge in [0, 0.05) is 32.7 Å². The van der Waals surface area contributed by atoms with Crippen LogP contribution in [0.5, 0.6) is 5.75 Å². The molecule has 1 saturated heterocycles. The van der Waals surface area contributed by atoms with Gasteiger partial charge in [0.25, 0.3) is 0 Å².